The van der Waals surface area contributed by atoms with Crippen molar-refractivity contribution in [3.05, 3.63) is 93.7 Å². The van der Waals surface area contributed by atoms with E-state index in [1.165, 1.54) is 16.9 Å². The molecular weight excluding hydrogens is 318 g/mol. The molecule has 1 heterocycles. The standard InChI is InChI=1S/C20H19NO2S/c1-15-9-11-16(12-10-15)14-21-19(22)20(23,18-8-5-13-24-18)17-6-3-2-4-7-17/h2-13,23H,14H2,1H3,(H,21,22). The van der Waals surface area contributed by atoms with Crippen LogP contribution in [-0.2, 0) is 16.9 Å². The number of benzene rings is 2. The highest BCUT2D eigenvalue weighted by molar-refractivity contribution is 7.10. The Morgan fingerprint density at radius 1 is 1.04 bits per heavy atom. The zero-order chi connectivity index (χ0) is 17.0. The number of rotatable bonds is 5. The minimum Gasteiger partial charge on any atom is -0.371 e. The monoisotopic (exact) mass is 337 g/mol. The molecular formula is C20H19NO2S. The molecule has 0 saturated carbocycles. The Bertz CT molecular complexity index is 797. The SMILES string of the molecule is Cc1ccc(CNC(=O)C(O)(c2ccccc2)c2cccs2)cc1. The van der Waals surface area contributed by atoms with E-state index >= 15 is 0 Å². The topological polar surface area (TPSA) is 49.3 Å². The van der Waals surface area contributed by atoms with Gasteiger partial charge in [-0.3, -0.25) is 4.79 Å². The average molecular weight is 337 g/mol. The van der Waals surface area contributed by atoms with Gasteiger partial charge in [0.05, 0.1) is 4.88 Å². The van der Waals surface area contributed by atoms with Crippen molar-refractivity contribution in [3.63, 3.8) is 0 Å². The summed E-state index contributed by atoms with van der Waals surface area (Å²) in [6.07, 6.45) is 0. The Morgan fingerprint density at radius 2 is 1.75 bits per heavy atom. The maximum atomic E-state index is 12.8. The van der Waals surface area contributed by atoms with Gasteiger partial charge in [-0.1, -0.05) is 66.2 Å². The number of hydrogen-bond acceptors (Lipinski definition) is 3. The quantitative estimate of drug-likeness (QED) is 0.747. The summed E-state index contributed by atoms with van der Waals surface area (Å²) in [4.78, 5) is 13.5. The van der Waals surface area contributed by atoms with Crippen LogP contribution in [0, 0.1) is 6.92 Å². The Kier molecular flexibility index (Phi) is 4.79. The third-order valence-corrected chi connectivity index (χ3v) is 4.95. The predicted molar refractivity (Wildman–Crippen MR) is 96.8 cm³/mol. The lowest BCUT2D eigenvalue weighted by atomic mass is 9.91. The van der Waals surface area contributed by atoms with Crippen LogP contribution in [-0.4, -0.2) is 11.0 Å². The van der Waals surface area contributed by atoms with Crippen LogP contribution in [0.5, 0.6) is 0 Å². The molecule has 0 aliphatic carbocycles. The highest BCUT2D eigenvalue weighted by Crippen LogP contribution is 2.33. The molecule has 0 spiro atoms. The summed E-state index contributed by atoms with van der Waals surface area (Å²) in [5, 5.41) is 16.0. The van der Waals surface area contributed by atoms with Gasteiger partial charge in [-0.2, -0.15) is 0 Å². The molecule has 1 amide bonds. The maximum absolute atomic E-state index is 12.8. The predicted octanol–water partition coefficient (Wildman–Crippen LogP) is 3.61. The maximum Gasteiger partial charge on any atom is 0.262 e. The second-order valence-electron chi connectivity index (χ2n) is 5.72. The number of carbonyl (C=O) groups excluding carboxylic acids is 1. The Balaban J connectivity index is 1.86. The molecule has 0 saturated heterocycles. The van der Waals surface area contributed by atoms with Crippen LogP contribution >= 0.6 is 11.3 Å². The number of hydrogen-bond donors (Lipinski definition) is 2. The number of amides is 1. The van der Waals surface area contributed by atoms with E-state index < -0.39 is 11.5 Å². The van der Waals surface area contributed by atoms with Crippen LogP contribution in [0.3, 0.4) is 0 Å². The fourth-order valence-corrected chi connectivity index (χ4v) is 3.41. The van der Waals surface area contributed by atoms with E-state index in [0.29, 0.717) is 17.0 Å². The van der Waals surface area contributed by atoms with E-state index in [9.17, 15) is 9.90 Å². The summed E-state index contributed by atoms with van der Waals surface area (Å²) < 4.78 is 0. The first-order valence-electron chi connectivity index (χ1n) is 7.76. The van der Waals surface area contributed by atoms with Crippen molar-refractivity contribution < 1.29 is 9.90 Å². The summed E-state index contributed by atoms with van der Waals surface area (Å²) in [5.74, 6) is -0.420. The van der Waals surface area contributed by atoms with Crippen molar-refractivity contribution in [3.8, 4) is 0 Å². The Morgan fingerprint density at radius 3 is 2.38 bits per heavy atom. The molecule has 4 heteroatoms. The minimum absolute atomic E-state index is 0.375. The largest absolute Gasteiger partial charge is 0.371 e. The molecule has 1 unspecified atom stereocenters. The van der Waals surface area contributed by atoms with Crippen molar-refractivity contribution in [1.82, 2.24) is 5.32 Å². The summed E-state index contributed by atoms with van der Waals surface area (Å²) in [5.41, 5.74) is 1.05. The first kappa shape index (κ1) is 16.4. The van der Waals surface area contributed by atoms with Crippen LogP contribution in [0.1, 0.15) is 21.6 Å². The van der Waals surface area contributed by atoms with Gasteiger partial charge in [-0.05, 0) is 29.5 Å². The first-order valence-corrected chi connectivity index (χ1v) is 8.64. The fourth-order valence-electron chi connectivity index (χ4n) is 2.57. The van der Waals surface area contributed by atoms with Gasteiger partial charge >= 0.3 is 0 Å². The van der Waals surface area contributed by atoms with Gasteiger partial charge in [0.1, 0.15) is 0 Å². The lowest BCUT2D eigenvalue weighted by molar-refractivity contribution is -0.136. The van der Waals surface area contributed by atoms with Gasteiger partial charge in [-0.25, -0.2) is 0 Å². The van der Waals surface area contributed by atoms with Crippen molar-refractivity contribution in [1.29, 1.82) is 0 Å². The van der Waals surface area contributed by atoms with Crippen LogP contribution in [0.2, 0.25) is 0 Å². The molecule has 3 nitrogen and oxygen atoms in total. The lowest BCUT2D eigenvalue weighted by Gasteiger charge is -2.26. The van der Waals surface area contributed by atoms with Crippen molar-refractivity contribution in [2.24, 2.45) is 0 Å². The van der Waals surface area contributed by atoms with Gasteiger partial charge in [-0.15, -0.1) is 11.3 Å². The van der Waals surface area contributed by atoms with Crippen molar-refractivity contribution >= 4 is 17.2 Å². The minimum atomic E-state index is -1.68. The molecule has 0 aliphatic heterocycles. The Hall–Kier alpha value is -2.43. The molecule has 122 valence electrons. The third kappa shape index (κ3) is 3.25. The van der Waals surface area contributed by atoms with Crippen LogP contribution < -0.4 is 5.32 Å². The molecule has 0 bridgehead atoms. The van der Waals surface area contributed by atoms with Gasteiger partial charge in [0, 0.05) is 6.54 Å². The number of aryl methyl sites for hydroxylation is 1. The summed E-state index contributed by atoms with van der Waals surface area (Å²) in [6.45, 7) is 2.40. The number of carbonyl (C=O) groups is 1. The Labute approximate surface area is 145 Å². The highest BCUT2D eigenvalue weighted by Gasteiger charge is 2.40. The smallest absolute Gasteiger partial charge is 0.262 e. The van der Waals surface area contributed by atoms with Gasteiger partial charge < -0.3 is 10.4 Å². The molecule has 24 heavy (non-hydrogen) atoms. The fraction of sp³-hybridized carbons (Fsp3) is 0.150. The average Bonchev–Trinajstić information content (AvgIpc) is 3.16. The normalized spacial score (nSPS) is 13.2. The molecule has 1 atom stereocenters. The third-order valence-electron chi connectivity index (χ3n) is 3.97. The molecule has 0 fully saturated rings. The van der Waals surface area contributed by atoms with E-state index in [4.69, 9.17) is 0 Å². The summed E-state index contributed by atoms with van der Waals surface area (Å²) in [7, 11) is 0. The first-order chi connectivity index (χ1) is 11.6. The number of aliphatic hydroxyl groups is 1. The summed E-state index contributed by atoms with van der Waals surface area (Å²) >= 11 is 1.37. The molecule has 0 radical (unpaired) electrons. The van der Waals surface area contributed by atoms with Crippen LogP contribution in [0.25, 0.3) is 0 Å². The van der Waals surface area contributed by atoms with Gasteiger partial charge in [0.25, 0.3) is 5.91 Å². The van der Waals surface area contributed by atoms with E-state index in [1.807, 2.05) is 60.8 Å². The number of thiophene rings is 1. The molecule has 2 aromatic carbocycles. The van der Waals surface area contributed by atoms with Gasteiger partial charge in [0.2, 0.25) is 5.60 Å². The second-order valence-corrected chi connectivity index (χ2v) is 6.67. The van der Waals surface area contributed by atoms with Crippen LogP contribution in [0.15, 0.2) is 72.1 Å². The number of nitrogens with one attached hydrogen (secondary N) is 1. The highest BCUT2D eigenvalue weighted by atomic mass is 32.1. The van der Waals surface area contributed by atoms with Crippen molar-refractivity contribution in [2.75, 3.05) is 0 Å². The lowest BCUT2D eigenvalue weighted by Crippen LogP contribution is -2.44. The molecule has 2 N–H and O–H groups in total. The van der Waals surface area contributed by atoms with Gasteiger partial charge in [0.15, 0.2) is 0 Å². The van der Waals surface area contributed by atoms with E-state index in [-0.39, 0.29) is 0 Å². The zero-order valence-electron chi connectivity index (χ0n) is 13.4. The molecule has 3 rings (SSSR count). The molecule has 0 aliphatic rings. The van der Waals surface area contributed by atoms with E-state index in [2.05, 4.69) is 5.32 Å². The molecule has 3 aromatic rings. The molecule has 1 aromatic heterocycles. The van der Waals surface area contributed by atoms with Crippen molar-refractivity contribution in [2.45, 2.75) is 19.1 Å². The second kappa shape index (κ2) is 6.99. The van der Waals surface area contributed by atoms with Crippen LogP contribution in [0.4, 0.5) is 0 Å². The van der Waals surface area contributed by atoms with E-state index in [1.54, 1.807) is 18.2 Å². The summed E-state index contributed by atoms with van der Waals surface area (Å²) in [6, 6.07) is 20.6. The van der Waals surface area contributed by atoms with E-state index in [0.717, 1.165) is 5.56 Å². The zero-order valence-corrected chi connectivity index (χ0v) is 14.2.